The molecule has 3 aromatic heterocycles. The Bertz CT molecular complexity index is 1330. The van der Waals surface area contributed by atoms with Gasteiger partial charge in [0.2, 0.25) is 0 Å². The Labute approximate surface area is 208 Å². The van der Waals surface area contributed by atoms with Crippen molar-refractivity contribution in [3.05, 3.63) is 24.3 Å². The van der Waals surface area contributed by atoms with Crippen molar-refractivity contribution in [1.29, 1.82) is 0 Å². The quantitative estimate of drug-likeness (QED) is 0.431. The third-order valence-corrected chi connectivity index (χ3v) is 7.94. The van der Waals surface area contributed by atoms with Crippen molar-refractivity contribution in [1.82, 2.24) is 19.9 Å². The smallest absolute Gasteiger partial charge is 0.168 e. The Morgan fingerprint density at radius 3 is 2.66 bits per heavy atom. The van der Waals surface area contributed by atoms with E-state index >= 15 is 0 Å². The number of fused-ring (bicyclic) bond motifs is 2. The number of H-pyrrole nitrogens is 1. The number of ether oxygens (including phenoxy) is 3. The number of nitrogens with one attached hydrogen (secondary N) is 1. The van der Waals surface area contributed by atoms with Gasteiger partial charge in [-0.1, -0.05) is 0 Å². The van der Waals surface area contributed by atoms with E-state index in [1.54, 1.807) is 18.4 Å². The van der Waals surface area contributed by atoms with E-state index in [4.69, 9.17) is 29.2 Å². The molecule has 0 bridgehead atoms. The van der Waals surface area contributed by atoms with E-state index in [-0.39, 0.29) is 0 Å². The Morgan fingerprint density at radius 2 is 1.86 bits per heavy atom. The van der Waals surface area contributed by atoms with E-state index in [0.717, 1.165) is 103 Å². The normalized spacial score (nSPS) is 17.4. The molecule has 0 radical (unpaired) electrons. The predicted octanol–water partition coefficient (Wildman–Crippen LogP) is 3.94. The minimum atomic E-state index is 0.641. The van der Waals surface area contributed by atoms with Crippen molar-refractivity contribution in [3.8, 4) is 16.6 Å². The number of nitrogens with zero attached hydrogens (tertiary/aromatic N) is 5. The van der Waals surface area contributed by atoms with Gasteiger partial charge in [0, 0.05) is 39.9 Å². The molecule has 0 atom stereocenters. The third-order valence-electron chi connectivity index (χ3n) is 6.85. The summed E-state index contributed by atoms with van der Waals surface area (Å²) in [7, 11) is 3.79. The van der Waals surface area contributed by atoms with Crippen LogP contribution in [0, 0.1) is 5.92 Å². The fourth-order valence-corrected chi connectivity index (χ4v) is 5.97. The molecule has 2 saturated heterocycles. The lowest BCUT2D eigenvalue weighted by Gasteiger charge is -2.29. The lowest BCUT2D eigenvalue weighted by Crippen LogP contribution is -2.36. The van der Waals surface area contributed by atoms with Crippen LogP contribution in [0.2, 0.25) is 0 Å². The van der Waals surface area contributed by atoms with Crippen molar-refractivity contribution >= 4 is 44.2 Å². The summed E-state index contributed by atoms with van der Waals surface area (Å²) in [6.07, 6.45) is 2.21. The summed E-state index contributed by atoms with van der Waals surface area (Å²) in [5, 5.41) is 0.828. The zero-order valence-corrected chi connectivity index (χ0v) is 20.9. The van der Waals surface area contributed by atoms with Crippen molar-refractivity contribution in [2.24, 2.45) is 5.92 Å². The van der Waals surface area contributed by atoms with Gasteiger partial charge in [-0.15, -0.1) is 11.3 Å². The number of pyridine rings is 1. The predicted molar refractivity (Wildman–Crippen MR) is 139 cm³/mol. The third kappa shape index (κ3) is 4.41. The van der Waals surface area contributed by atoms with E-state index in [0.29, 0.717) is 5.92 Å². The number of benzene rings is 1. The number of aromatic nitrogens is 4. The van der Waals surface area contributed by atoms with E-state index in [1.165, 1.54) is 5.69 Å². The molecule has 5 heterocycles. The lowest BCUT2D eigenvalue weighted by atomic mass is 10.00. The second-order valence-electron chi connectivity index (χ2n) is 9.14. The highest BCUT2D eigenvalue weighted by atomic mass is 32.1. The van der Waals surface area contributed by atoms with E-state index < -0.39 is 0 Å². The molecule has 1 aromatic carbocycles. The minimum absolute atomic E-state index is 0.641. The van der Waals surface area contributed by atoms with Crippen LogP contribution in [0.1, 0.15) is 12.8 Å². The molecule has 10 heteroatoms. The highest BCUT2D eigenvalue weighted by Gasteiger charge is 2.22. The first-order chi connectivity index (χ1) is 17.2. The molecule has 4 aromatic rings. The summed E-state index contributed by atoms with van der Waals surface area (Å²) in [5.74, 6) is 3.08. The van der Waals surface area contributed by atoms with Crippen LogP contribution in [0.3, 0.4) is 0 Å². The monoisotopic (exact) mass is 494 g/mol. The number of rotatable bonds is 6. The first kappa shape index (κ1) is 22.5. The number of imidazole rings is 1. The van der Waals surface area contributed by atoms with Crippen molar-refractivity contribution in [2.75, 3.05) is 70.0 Å². The van der Waals surface area contributed by atoms with Crippen LogP contribution in [0.25, 0.3) is 32.2 Å². The molecule has 0 spiro atoms. The molecule has 0 aliphatic carbocycles. The molecule has 9 nitrogen and oxygen atoms in total. The number of morpholine rings is 1. The standard InChI is InChI=1S/C25H30N6O3S/c1-30(15-16-7-11-33-12-8-16)20-6-3-17-23(27-20)29-24(26-17)25-28-21-19(32-2)5-4-18(22(21)35-25)31-9-13-34-14-10-31/h3-6,16H,7-15H2,1-2H3,(H,26,27,29). The average molecular weight is 495 g/mol. The van der Waals surface area contributed by atoms with Crippen LogP contribution < -0.4 is 14.5 Å². The summed E-state index contributed by atoms with van der Waals surface area (Å²) in [5.41, 5.74) is 3.64. The topological polar surface area (TPSA) is 88.6 Å². The van der Waals surface area contributed by atoms with Crippen LogP contribution in [-0.4, -0.2) is 80.2 Å². The zero-order chi connectivity index (χ0) is 23.8. The molecule has 0 unspecified atom stereocenters. The Balaban J connectivity index is 1.32. The lowest BCUT2D eigenvalue weighted by molar-refractivity contribution is 0.0685. The van der Waals surface area contributed by atoms with Crippen LogP contribution in [0.15, 0.2) is 24.3 Å². The first-order valence-corrected chi connectivity index (χ1v) is 13.0. The SMILES string of the molecule is COc1ccc(N2CCOCC2)c2sc(-c3nc4ccc(N(C)CC5CCOCC5)nc4[nH]3)nc12. The average Bonchev–Trinajstić information content (AvgIpc) is 3.53. The van der Waals surface area contributed by atoms with Crippen LogP contribution >= 0.6 is 11.3 Å². The molecular weight excluding hydrogens is 464 g/mol. The van der Waals surface area contributed by atoms with E-state index in [9.17, 15) is 0 Å². The van der Waals surface area contributed by atoms with Crippen LogP contribution in [-0.2, 0) is 9.47 Å². The molecule has 2 aliphatic rings. The summed E-state index contributed by atoms with van der Waals surface area (Å²) in [6.45, 7) is 5.90. The molecule has 184 valence electrons. The molecule has 6 rings (SSSR count). The van der Waals surface area contributed by atoms with Crippen molar-refractivity contribution < 1.29 is 14.2 Å². The van der Waals surface area contributed by atoms with Gasteiger partial charge in [0.05, 0.1) is 30.7 Å². The summed E-state index contributed by atoms with van der Waals surface area (Å²) in [6, 6.07) is 8.20. The number of thiazole rings is 1. The molecule has 35 heavy (non-hydrogen) atoms. The Hall–Kier alpha value is -2.95. The number of anilines is 2. The Morgan fingerprint density at radius 1 is 1.06 bits per heavy atom. The fraction of sp³-hybridized carbons (Fsp3) is 0.480. The summed E-state index contributed by atoms with van der Waals surface area (Å²) in [4.78, 5) is 22.6. The molecule has 1 N–H and O–H groups in total. The van der Waals surface area contributed by atoms with Crippen LogP contribution in [0.4, 0.5) is 11.5 Å². The van der Waals surface area contributed by atoms with E-state index in [2.05, 4.69) is 27.9 Å². The highest BCUT2D eigenvalue weighted by molar-refractivity contribution is 7.22. The maximum atomic E-state index is 5.63. The Kier molecular flexibility index (Phi) is 6.17. The van der Waals surface area contributed by atoms with E-state index in [1.807, 2.05) is 18.2 Å². The molecule has 0 saturated carbocycles. The van der Waals surface area contributed by atoms with Gasteiger partial charge in [-0.25, -0.2) is 15.0 Å². The molecule has 2 fully saturated rings. The fourth-order valence-electron chi connectivity index (χ4n) is 4.90. The first-order valence-electron chi connectivity index (χ1n) is 12.2. The van der Waals surface area contributed by atoms with Gasteiger partial charge in [0.1, 0.15) is 22.6 Å². The second kappa shape index (κ2) is 9.60. The molecular formula is C25H30N6O3S. The van der Waals surface area contributed by atoms with Gasteiger partial charge in [-0.05, 0) is 43.0 Å². The van der Waals surface area contributed by atoms with Gasteiger partial charge in [-0.3, -0.25) is 0 Å². The molecule has 2 aliphatic heterocycles. The number of methoxy groups -OCH3 is 1. The number of aromatic amines is 1. The van der Waals surface area contributed by atoms with Gasteiger partial charge in [-0.2, -0.15) is 0 Å². The largest absolute Gasteiger partial charge is 0.494 e. The van der Waals surface area contributed by atoms with Crippen molar-refractivity contribution in [2.45, 2.75) is 12.8 Å². The zero-order valence-electron chi connectivity index (χ0n) is 20.1. The molecule has 0 amide bonds. The second-order valence-corrected chi connectivity index (χ2v) is 10.1. The number of hydrogen-bond donors (Lipinski definition) is 1. The number of hydrogen-bond acceptors (Lipinski definition) is 9. The summed E-state index contributed by atoms with van der Waals surface area (Å²) < 4.78 is 17.8. The van der Waals surface area contributed by atoms with Crippen LogP contribution in [0.5, 0.6) is 5.75 Å². The summed E-state index contributed by atoms with van der Waals surface area (Å²) >= 11 is 1.63. The van der Waals surface area contributed by atoms with Gasteiger partial charge in [0.25, 0.3) is 0 Å². The maximum absolute atomic E-state index is 5.63. The highest BCUT2D eigenvalue weighted by Crippen LogP contribution is 2.40. The van der Waals surface area contributed by atoms with Gasteiger partial charge in [0.15, 0.2) is 16.5 Å². The van der Waals surface area contributed by atoms with Gasteiger partial charge >= 0.3 is 0 Å². The maximum Gasteiger partial charge on any atom is 0.168 e. The van der Waals surface area contributed by atoms with Gasteiger partial charge < -0.3 is 29.0 Å². The minimum Gasteiger partial charge on any atom is -0.494 e. The van der Waals surface area contributed by atoms with Crippen molar-refractivity contribution in [3.63, 3.8) is 0 Å².